The minimum Gasteiger partial charge on any atom is -0.493 e. The van der Waals surface area contributed by atoms with Crippen LogP contribution < -0.4 is 14.8 Å². The molecule has 0 bridgehead atoms. The number of nitrogens with zero attached hydrogens (tertiary/aromatic N) is 3. The third kappa shape index (κ3) is 4.61. The molecule has 0 aliphatic rings. The Morgan fingerprint density at radius 3 is 2.63 bits per heavy atom. The molecule has 1 amide bonds. The van der Waals surface area contributed by atoms with E-state index < -0.39 is 0 Å². The number of hydrogen-bond donors (Lipinski definition) is 1. The van der Waals surface area contributed by atoms with Crippen molar-refractivity contribution in [1.82, 2.24) is 15.2 Å². The van der Waals surface area contributed by atoms with Crippen LogP contribution in [0.2, 0.25) is 0 Å². The van der Waals surface area contributed by atoms with E-state index in [0.29, 0.717) is 22.3 Å². The van der Waals surface area contributed by atoms with Crippen LogP contribution in [0.5, 0.6) is 11.5 Å². The van der Waals surface area contributed by atoms with Gasteiger partial charge < -0.3 is 14.8 Å². The minimum absolute atomic E-state index is 0.161. The van der Waals surface area contributed by atoms with Gasteiger partial charge in [-0.1, -0.05) is 25.2 Å². The van der Waals surface area contributed by atoms with Gasteiger partial charge in [0.1, 0.15) is 10.0 Å². The van der Waals surface area contributed by atoms with Crippen molar-refractivity contribution in [3.8, 4) is 22.1 Å². The smallest absolute Gasteiger partial charge is 0.232 e. The quantitative estimate of drug-likeness (QED) is 0.641. The van der Waals surface area contributed by atoms with Gasteiger partial charge in [-0.25, -0.2) is 4.98 Å². The fourth-order valence-corrected chi connectivity index (χ4v) is 3.92. The van der Waals surface area contributed by atoms with E-state index in [-0.39, 0.29) is 18.2 Å². The van der Waals surface area contributed by atoms with E-state index in [1.165, 1.54) is 22.7 Å². The number of benzene rings is 1. The van der Waals surface area contributed by atoms with E-state index in [2.05, 4.69) is 20.5 Å². The number of anilines is 1. The van der Waals surface area contributed by atoms with Crippen LogP contribution >= 0.6 is 22.7 Å². The third-order valence-corrected chi connectivity index (χ3v) is 5.78. The van der Waals surface area contributed by atoms with Crippen LogP contribution in [0, 0.1) is 0 Å². The first kappa shape index (κ1) is 19.2. The molecule has 2 heterocycles. The fourth-order valence-electron chi connectivity index (χ4n) is 2.34. The Kier molecular flexibility index (Phi) is 6.02. The Labute approximate surface area is 165 Å². The van der Waals surface area contributed by atoms with Gasteiger partial charge in [0, 0.05) is 16.9 Å². The summed E-state index contributed by atoms with van der Waals surface area (Å²) in [6.07, 6.45) is 0.181. The van der Waals surface area contributed by atoms with E-state index in [1.807, 2.05) is 37.4 Å². The lowest BCUT2D eigenvalue weighted by Crippen LogP contribution is -2.14. The van der Waals surface area contributed by atoms with Crippen molar-refractivity contribution < 1.29 is 14.3 Å². The summed E-state index contributed by atoms with van der Waals surface area (Å²) in [6.45, 7) is 4.08. The summed E-state index contributed by atoms with van der Waals surface area (Å²) in [5.41, 5.74) is 1.62. The average molecular weight is 405 g/mol. The molecule has 0 saturated carbocycles. The Morgan fingerprint density at radius 2 is 1.96 bits per heavy atom. The molecule has 3 aromatic rings. The van der Waals surface area contributed by atoms with Gasteiger partial charge in [-0.15, -0.1) is 21.5 Å². The van der Waals surface area contributed by atoms with Crippen LogP contribution in [-0.2, 0) is 11.2 Å². The number of carbonyl (C=O) groups is 1. The van der Waals surface area contributed by atoms with Crippen molar-refractivity contribution in [3.05, 3.63) is 34.3 Å². The van der Waals surface area contributed by atoms with Gasteiger partial charge in [0.05, 0.1) is 26.3 Å². The first-order valence-corrected chi connectivity index (χ1v) is 9.99. The molecule has 142 valence electrons. The van der Waals surface area contributed by atoms with Crippen molar-refractivity contribution in [3.63, 3.8) is 0 Å². The Morgan fingerprint density at radius 1 is 1.19 bits per heavy atom. The molecule has 0 unspecified atom stereocenters. The number of methoxy groups -OCH3 is 2. The van der Waals surface area contributed by atoms with Crippen LogP contribution in [0.4, 0.5) is 5.13 Å². The number of amides is 1. The number of carbonyl (C=O) groups excluding carboxylic acids is 1. The highest BCUT2D eigenvalue weighted by Crippen LogP contribution is 2.33. The highest BCUT2D eigenvalue weighted by molar-refractivity contribution is 7.15. The van der Waals surface area contributed by atoms with Crippen LogP contribution in [0.25, 0.3) is 10.6 Å². The fraction of sp³-hybridized carbons (Fsp3) is 0.333. The molecule has 7 nitrogen and oxygen atoms in total. The lowest BCUT2D eigenvalue weighted by molar-refractivity contribution is -0.115. The average Bonchev–Trinajstić information content (AvgIpc) is 3.30. The summed E-state index contributed by atoms with van der Waals surface area (Å²) in [6, 6.07) is 5.62. The molecule has 0 spiro atoms. The van der Waals surface area contributed by atoms with Crippen molar-refractivity contribution in [2.75, 3.05) is 19.5 Å². The summed E-state index contributed by atoms with van der Waals surface area (Å²) in [5.74, 6) is 1.43. The first-order chi connectivity index (χ1) is 13.0. The summed E-state index contributed by atoms with van der Waals surface area (Å²) < 4.78 is 10.6. The lowest BCUT2D eigenvalue weighted by Gasteiger charge is -2.08. The minimum atomic E-state index is -0.161. The van der Waals surface area contributed by atoms with Crippen molar-refractivity contribution in [2.45, 2.75) is 26.2 Å². The van der Waals surface area contributed by atoms with E-state index in [4.69, 9.17) is 9.47 Å². The van der Waals surface area contributed by atoms with E-state index in [0.717, 1.165) is 15.6 Å². The molecule has 3 rings (SSSR count). The van der Waals surface area contributed by atoms with Crippen LogP contribution in [-0.4, -0.2) is 35.3 Å². The maximum absolute atomic E-state index is 12.2. The topological polar surface area (TPSA) is 86.2 Å². The van der Waals surface area contributed by atoms with Gasteiger partial charge in [-0.3, -0.25) is 4.79 Å². The third-order valence-electron chi connectivity index (χ3n) is 3.70. The Hall–Kier alpha value is -2.52. The molecule has 0 aliphatic heterocycles. The predicted molar refractivity (Wildman–Crippen MR) is 107 cm³/mol. The molecule has 2 aromatic heterocycles. The number of thiazole rings is 1. The Balaban J connectivity index is 1.67. The normalized spacial score (nSPS) is 10.9. The van der Waals surface area contributed by atoms with Crippen LogP contribution in [0.15, 0.2) is 23.6 Å². The molecule has 9 heteroatoms. The zero-order chi connectivity index (χ0) is 19.4. The standard InChI is InChI=1S/C18H20N4O3S2/c1-10(2)16-21-22-18(27-16)20-15(23)8-12-9-26-17(19-12)11-5-6-13(24-3)14(7-11)25-4/h5-7,9-10H,8H2,1-4H3,(H,20,22,23). The van der Waals surface area contributed by atoms with E-state index in [9.17, 15) is 4.79 Å². The summed E-state index contributed by atoms with van der Waals surface area (Å²) in [5, 5.41) is 15.0. The maximum atomic E-state index is 12.2. The second-order valence-electron chi connectivity index (χ2n) is 6.04. The molecule has 0 aliphatic carbocycles. The molecule has 0 fully saturated rings. The Bertz CT molecular complexity index is 936. The highest BCUT2D eigenvalue weighted by Gasteiger charge is 2.14. The van der Waals surface area contributed by atoms with Gasteiger partial charge in [-0.05, 0) is 18.2 Å². The van der Waals surface area contributed by atoms with E-state index >= 15 is 0 Å². The molecular weight excluding hydrogens is 384 g/mol. The zero-order valence-electron chi connectivity index (χ0n) is 15.5. The summed E-state index contributed by atoms with van der Waals surface area (Å²) >= 11 is 2.87. The first-order valence-electron chi connectivity index (χ1n) is 8.30. The van der Waals surface area contributed by atoms with Crippen LogP contribution in [0.3, 0.4) is 0 Å². The number of aromatic nitrogens is 3. The van der Waals surface area contributed by atoms with E-state index in [1.54, 1.807) is 14.2 Å². The summed E-state index contributed by atoms with van der Waals surface area (Å²) in [7, 11) is 3.19. The monoisotopic (exact) mass is 404 g/mol. The van der Waals surface area contributed by atoms with Gasteiger partial charge >= 0.3 is 0 Å². The van der Waals surface area contributed by atoms with Crippen molar-refractivity contribution in [2.24, 2.45) is 0 Å². The van der Waals surface area contributed by atoms with Crippen molar-refractivity contribution >= 4 is 33.7 Å². The molecule has 1 aromatic carbocycles. The van der Waals surface area contributed by atoms with Gasteiger partial charge in [0.15, 0.2) is 11.5 Å². The SMILES string of the molecule is COc1ccc(-c2nc(CC(=O)Nc3nnc(C(C)C)s3)cs2)cc1OC. The molecule has 0 saturated heterocycles. The second-order valence-corrected chi connectivity index (χ2v) is 7.91. The molecule has 27 heavy (non-hydrogen) atoms. The van der Waals surface area contributed by atoms with Crippen LogP contribution in [0.1, 0.15) is 30.5 Å². The summed E-state index contributed by atoms with van der Waals surface area (Å²) in [4.78, 5) is 16.8. The molecule has 0 radical (unpaired) electrons. The number of nitrogens with one attached hydrogen (secondary N) is 1. The number of rotatable bonds is 7. The highest BCUT2D eigenvalue weighted by atomic mass is 32.1. The zero-order valence-corrected chi connectivity index (χ0v) is 17.1. The molecular formula is C18H20N4O3S2. The van der Waals surface area contributed by atoms with Crippen molar-refractivity contribution in [1.29, 1.82) is 0 Å². The van der Waals surface area contributed by atoms with Gasteiger partial charge in [-0.2, -0.15) is 0 Å². The maximum Gasteiger partial charge on any atom is 0.232 e. The lowest BCUT2D eigenvalue weighted by atomic mass is 10.2. The largest absolute Gasteiger partial charge is 0.493 e. The number of hydrogen-bond acceptors (Lipinski definition) is 8. The van der Waals surface area contributed by atoms with Gasteiger partial charge in [0.2, 0.25) is 11.0 Å². The number of ether oxygens (including phenoxy) is 2. The van der Waals surface area contributed by atoms with Gasteiger partial charge in [0.25, 0.3) is 0 Å². The second kappa shape index (κ2) is 8.45. The predicted octanol–water partition coefficient (Wildman–Crippen LogP) is 3.98. The molecule has 0 atom stereocenters. The molecule has 1 N–H and O–H groups in total.